The molecule has 0 aliphatic carbocycles. The Labute approximate surface area is 95.1 Å². The van der Waals surface area contributed by atoms with Gasteiger partial charge in [0.05, 0.1) is 7.11 Å². The van der Waals surface area contributed by atoms with Crippen molar-refractivity contribution in [3.8, 4) is 22.6 Å². The van der Waals surface area contributed by atoms with Crippen LogP contribution in [0.25, 0.3) is 11.1 Å². The van der Waals surface area contributed by atoms with E-state index in [1.54, 1.807) is 7.11 Å². The number of ether oxygens (including phenoxy) is 1. The number of phenols is 1. The smallest absolute Gasteiger partial charge is 0.165 e. The average molecular weight is 214 g/mol. The molecule has 0 radical (unpaired) electrons. The predicted molar refractivity (Wildman–Crippen MR) is 64.8 cm³/mol. The summed E-state index contributed by atoms with van der Waals surface area (Å²) in [5.41, 5.74) is 2.71. The van der Waals surface area contributed by atoms with Crippen LogP contribution < -0.4 is 4.74 Å². The van der Waals surface area contributed by atoms with Crippen LogP contribution in [0.15, 0.2) is 42.5 Å². The molecule has 0 aliphatic rings. The Balaban J connectivity index is 2.59. The molecule has 0 aromatic heterocycles. The van der Waals surface area contributed by atoms with Crippen molar-refractivity contribution in [1.29, 1.82) is 0 Å². The Kier molecular flexibility index (Phi) is 2.82. The highest BCUT2D eigenvalue weighted by Gasteiger charge is 2.11. The largest absolute Gasteiger partial charge is 0.504 e. The van der Waals surface area contributed by atoms with Crippen LogP contribution in [0.2, 0.25) is 0 Å². The fourth-order valence-electron chi connectivity index (χ4n) is 1.78. The number of phenolic OH excluding ortho intramolecular Hbond substituents is 1. The van der Waals surface area contributed by atoms with Gasteiger partial charge in [-0.3, -0.25) is 0 Å². The quantitative estimate of drug-likeness (QED) is 0.830. The van der Waals surface area contributed by atoms with E-state index in [0.717, 1.165) is 16.7 Å². The highest BCUT2D eigenvalue weighted by Crippen LogP contribution is 2.38. The third-order valence-corrected chi connectivity index (χ3v) is 2.62. The maximum atomic E-state index is 10.1. The van der Waals surface area contributed by atoms with Crippen LogP contribution in [0.5, 0.6) is 11.5 Å². The minimum atomic E-state index is 0.203. The number of benzene rings is 2. The van der Waals surface area contributed by atoms with Gasteiger partial charge in [0.2, 0.25) is 0 Å². The molecule has 0 amide bonds. The number of methoxy groups -OCH3 is 1. The SMILES string of the molecule is COc1c(C)ccc(-c2ccccc2)c1O. The van der Waals surface area contributed by atoms with E-state index in [9.17, 15) is 5.11 Å². The molecule has 0 bridgehead atoms. The Morgan fingerprint density at radius 1 is 1.00 bits per heavy atom. The fourth-order valence-corrected chi connectivity index (χ4v) is 1.78. The number of hydrogen-bond donors (Lipinski definition) is 1. The van der Waals surface area contributed by atoms with Crippen molar-refractivity contribution in [2.45, 2.75) is 6.92 Å². The van der Waals surface area contributed by atoms with Crippen molar-refractivity contribution < 1.29 is 9.84 Å². The number of aryl methyl sites for hydroxylation is 1. The topological polar surface area (TPSA) is 29.5 Å². The van der Waals surface area contributed by atoms with Crippen molar-refractivity contribution in [3.05, 3.63) is 48.0 Å². The molecule has 16 heavy (non-hydrogen) atoms. The van der Waals surface area contributed by atoms with E-state index in [2.05, 4.69) is 0 Å². The zero-order chi connectivity index (χ0) is 11.5. The molecule has 0 fully saturated rings. The molecular formula is C14H14O2. The van der Waals surface area contributed by atoms with Gasteiger partial charge in [0.25, 0.3) is 0 Å². The van der Waals surface area contributed by atoms with Gasteiger partial charge in [0, 0.05) is 5.56 Å². The molecule has 82 valence electrons. The standard InChI is InChI=1S/C14H14O2/c1-10-8-9-12(13(15)14(10)16-2)11-6-4-3-5-7-11/h3-9,15H,1-2H3. The van der Waals surface area contributed by atoms with E-state index in [0.29, 0.717) is 5.75 Å². The normalized spacial score (nSPS) is 10.1. The second-order valence-electron chi connectivity index (χ2n) is 3.68. The van der Waals surface area contributed by atoms with Crippen LogP contribution >= 0.6 is 0 Å². The first-order valence-corrected chi connectivity index (χ1v) is 5.16. The first-order chi connectivity index (χ1) is 7.74. The minimum Gasteiger partial charge on any atom is -0.504 e. The van der Waals surface area contributed by atoms with Crippen LogP contribution in [-0.4, -0.2) is 12.2 Å². The van der Waals surface area contributed by atoms with E-state index >= 15 is 0 Å². The lowest BCUT2D eigenvalue weighted by Gasteiger charge is -2.11. The summed E-state index contributed by atoms with van der Waals surface area (Å²) in [6.07, 6.45) is 0. The van der Waals surface area contributed by atoms with Crippen molar-refractivity contribution in [1.82, 2.24) is 0 Å². The van der Waals surface area contributed by atoms with Crippen molar-refractivity contribution >= 4 is 0 Å². The maximum Gasteiger partial charge on any atom is 0.165 e. The zero-order valence-corrected chi connectivity index (χ0v) is 9.40. The Morgan fingerprint density at radius 3 is 2.31 bits per heavy atom. The number of hydrogen-bond acceptors (Lipinski definition) is 2. The molecule has 2 heteroatoms. The molecule has 0 saturated carbocycles. The van der Waals surface area contributed by atoms with Crippen molar-refractivity contribution in [3.63, 3.8) is 0 Å². The van der Waals surface area contributed by atoms with Crippen molar-refractivity contribution in [2.24, 2.45) is 0 Å². The fraction of sp³-hybridized carbons (Fsp3) is 0.143. The monoisotopic (exact) mass is 214 g/mol. The summed E-state index contributed by atoms with van der Waals surface area (Å²) in [6.45, 7) is 1.91. The lowest BCUT2D eigenvalue weighted by Crippen LogP contribution is -1.89. The third-order valence-electron chi connectivity index (χ3n) is 2.62. The van der Waals surface area contributed by atoms with Gasteiger partial charge in [0.1, 0.15) is 0 Å². The van der Waals surface area contributed by atoms with Crippen molar-refractivity contribution in [2.75, 3.05) is 7.11 Å². The summed E-state index contributed by atoms with van der Waals surface area (Å²) < 4.78 is 5.19. The molecule has 2 nitrogen and oxygen atoms in total. The van der Waals surface area contributed by atoms with Gasteiger partial charge in [-0.1, -0.05) is 42.5 Å². The van der Waals surface area contributed by atoms with Gasteiger partial charge in [-0.25, -0.2) is 0 Å². The highest BCUT2D eigenvalue weighted by atomic mass is 16.5. The van der Waals surface area contributed by atoms with Gasteiger partial charge < -0.3 is 9.84 Å². The zero-order valence-electron chi connectivity index (χ0n) is 9.40. The van der Waals surface area contributed by atoms with Crippen LogP contribution in [0.1, 0.15) is 5.56 Å². The van der Waals surface area contributed by atoms with Gasteiger partial charge in [-0.05, 0) is 18.1 Å². The molecule has 2 rings (SSSR count). The number of aromatic hydroxyl groups is 1. The molecular weight excluding hydrogens is 200 g/mol. The molecule has 0 aliphatic heterocycles. The summed E-state index contributed by atoms with van der Waals surface area (Å²) >= 11 is 0. The lowest BCUT2D eigenvalue weighted by molar-refractivity contribution is 0.372. The van der Waals surface area contributed by atoms with Gasteiger partial charge in [-0.2, -0.15) is 0 Å². The van der Waals surface area contributed by atoms with Crippen LogP contribution in [0.3, 0.4) is 0 Å². The predicted octanol–water partition coefficient (Wildman–Crippen LogP) is 3.38. The number of rotatable bonds is 2. The maximum absolute atomic E-state index is 10.1. The first-order valence-electron chi connectivity index (χ1n) is 5.16. The Morgan fingerprint density at radius 2 is 1.69 bits per heavy atom. The second-order valence-corrected chi connectivity index (χ2v) is 3.68. The van der Waals surface area contributed by atoms with E-state index in [1.807, 2.05) is 49.4 Å². The summed E-state index contributed by atoms with van der Waals surface area (Å²) in [7, 11) is 1.57. The minimum absolute atomic E-state index is 0.203. The summed E-state index contributed by atoms with van der Waals surface area (Å²) in [5.74, 6) is 0.745. The summed E-state index contributed by atoms with van der Waals surface area (Å²) in [5, 5.41) is 10.1. The molecule has 0 spiro atoms. The molecule has 2 aromatic carbocycles. The van der Waals surface area contributed by atoms with E-state index in [-0.39, 0.29) is 5.75 Å². The van der Waals surface area contributed by atoms with Crippen LogP contribution in [0, 0.1) is 6.92 Å². The molecule has 0 atom stereocenters. The Bertz CT molecular complexity index is 490. The van der Waals surface area contributed by atoms with E-state index in [1.165, 1.54) is 0 Å². The first kappa shape index (κ1) is 10.6. The van der Waals surface area contributed by atoms with Gasteiger partial charge >= 0.3 is 0 Å². The van der Waals surface area contributed by atoms with E-state index < -0.39 is 0 Å². The summed E-state index contributed by atoms with van der Waals surface area (Å²) in [6, 6.07) is 13.6. The second kappa shape index (κ2) is 4.27. The van der Waals surface area contributed by atoms with Crippen LogP contribution in [0.4, 0.5) is 0 Å². The van der Waals surface area contributed by atoms with Crippen LogP contribution in [-0.2, 0) is 0 Å². The molecule has 1 N–H and O–H groups in total. The molecule has 0 saturated heterocycles. The third kappa shape index (κ3) is 1.74. The van der Waals surface area contributed by atoms with E-state index in [4.69, 9.17) is 4.74 Å². The lowest BCUT2D eigenvalue weighted by atomic mass is 10.0. The van der Waals surface area contributed by atoms with Gasteiger partial charge in [-0.15, -0.1) is 0 Å². The molecule has 0 heterocycles. The molecule has 0 unspecified atom stereocenters. The average Bonchev–Trinajstić information content (AvgIpc) is 2.31. The van der Waals surface area contributed by atoms with Gasteiger partial charge in [0.15, 0.2) is 11.5 Å². The molecule has 2 aromatic rings. The summed E-state index contributed by atoms with van der Waals surface area (Å²) in [4.78, 5) is 0. The highest BCUT2D eigenvalue weighted by molar-refractivity contribution is 5.74. The Hall–Kier alpha value is -1.96.